The first kappa shape index (κ1) is 16.5. The molecule has 106 valence electrons. The van der Waals surface area contributed by atoms with Gasteiger partial charge in [0.05, 0.1) is 10.6 Å². The molecule has 1 aromatic carbocycles. The number of carbonyl (C=O) groups excluding carboxylic acids is 1. The van der Waals surface area contributed by atoms with Crippen LogP contribution in [-0.2, 0) is 0 Å². The molecule has 0 aliphatic rings. The Kier molecular flexibility index (Phi) is 7.47. The Morgan fingerprint density at radius 2 is 2.05 bits per heavy atom. The topological polar surface area (TPSA) is 29.1 Å². The Morgan fingerprint density at radius 1 is 1.32 bits per heavy atom. The molecule has 0 bridgehead atoms. The van der Waals surface area contributed by atoms with E-state index in [1.807, 2.05) is 6.07 Å². The van der Waals surface area contributed by atoms with Crippen LogP contribution in [0.15, 0.2) is 22.7 Å². The van der Waals surface area contributed by atoms with E-state index < -0.39 is 0 Å². The molecule has 0 heterocycles. The summed E-state index contributed by atoms with van der Waals surface area (Å²) in [6, 6.07) is 5.58. The quantitative estimate of drug-likeness (QED) is 0.723. The van der Waals surface area contributed by atoms with Gasteiger partial charge in [-0.05, 0) is 31.0 Å². The summed E-state index contributed by atoms with van der Waals surface area (Å²) in [6.45, 7) is 4.30. The molecular formula is C15H21BrClNO. The highest BCUT2D eigenvalue weighted by atomic mass is 79.9. The Morgan fingerprint density at radius 3 is 2.68 bits per heavy atom. The maximum Gasteiger partial charge on any atom is 0.253 e. The number of unbranched alkanes of at least 4 members (excludes halogenated alkanes) is 1. The number of hydrogen-bond acceptors (Lipinski definition) is 1. The van der Waals surface area contributed by atoms with Crippen LogP contribution in [0.4, 0.5) is 0 Å². The number of hydrogen-bond donors (Lipinski definition) is 1. The van der Waals surface area contributed by atoms with Gasteiger partial charge in [0.25, 0.3) is 5.91 Å². The van der Waals surface area contributed by atoms with E-state index in [2.05, 4.69) is 35.1 Å². The summed E-state index contributed by atoms with van der Waals surface area (Å²) in [5.41, 5.74) is 0.536. The number of halogens is 2. The highest BCUT2D eigenvalue weighted by Crippen LogP contribution is 2.21. The smallest absolute Gasteiger partial charge is 0.253 e. The number of carbonyl (C=O) groups is 1. The Bertz CT molecular complexity index is 423. The van der Waals surface area contributed by atoms with Gasteiger partial charge in [0.1, 0.15) is 0 Å². The van der Waals surface area contributed by atoms with Crippen LogP contribution in [0.5, 0.6) is 0 Å². The van der Waals surface area contributed by atoms with Gasteiger partial charge in [-0.15, -0.1) is 0 Å². The average Bonchev–Trinajstić information content (AvgIpc) is 2.39. The molecule has 4 heteroatoms. The third-order valence-corrected chi connectivity index (χ3v) is 3.87. The molecule has 0 aliphatic carbocycles. The fourth-order valence-electron chi connectivity index (χ4n) is 2.02. The highest BCUT2D eigenvalue weighted by Gasteiger charge is 2.15. The van der Waals surface area contributed by atoms with Crippen LogP contribution < -0.4 is 5.32 Å². The van der Waals surface area contributed by atoms with E-state index in [9.17, 15) is 4.79 Å². The molecule has 0 aromatic heterocycles. The maximum atomic E-state index is 12.2. The summed E-state index contributed by atoms with van der Waals surface area (Å²) in [4.78, 5) is 12.2. The van der Waals surface area contributed by atoms with Crippen LogP contribution in [0, 0.1) is 0 Å². The van der Waals surface area contributed by atoms with E-state index in [1.165, 1.54) is 0 Å². The fraction of sp³-hybridized carbons (Fsp3) is 0.533. The Balaban J connectivity index is 2.72. The lowest BCUT2D eigenvalue weighted by molar-refractivity contribution is 0.0932. The summed E-state index contributed by atoms with van der Waals surface area (Å²) in [6.07, 6.45) is 5.39. The van der Waals surface area contributed by atoms with Crippen molar-refractivity contribution in [3.05, 3.63) is 33.3 Å². The zero-order valence-electron chi connectivity index (χ0n) is 11.5. The zero-order valence-corrected chi connectivity index (χ0v) is 13.9. The molecule has 1 atom stereocenters. The average molecular weight is 347 g/mol. The first-order valence-corrected chi connectivity index (χ1v) is 8.01. The fourth-order valence-corrected chi connectivity index (χ4v) is 2.59. The molecule has 1 aromatic rings. The molecule has 0 aliphatic heterocycles. The van der Waals surface area contributed by atoms with E-state index in [0.29, 0.717) is 10.6 Å². The highest BCUT2D eigenvalue weighted by molar-refractivity contribution is 9.10. The third kappa shape index (κ3) is 5.53. The van der Waals surface area contributed by atoms with Crippen molar-refractivity contribution in [2.75, 3.05) is 0 Å². The van der Waals surface area contributed by atoms with Crippen molar-refractivity contribution in [1.82, 2.24) is 5.32 Å². The first-order valence-electron chi connectivity index (χ1n) is 6.84. The predicted octanol–water partition coefficient (Wildman–Crippen LogP) is 5.19. The zero-order chi connectivity index (χ0) is 14.3. The van der Waals surface area contributed by atoms with Crippen molar-refractivity contribution in [2.24, 2.45) is 0 Å². The first-order chi connectivity index (χ1) is 9.08. The standard InChI is InChI=1S/C15H21BrClNO/c1-3-5-7-12(6-4-2)18-15(19)13-10-11(16)8-9-14(13)17/h8-10,12H,3-7H2,1-2H3,(H,18,19). The molecule has 0 saturated carbocycles. The molecule has 0 spiro atoms. The van der Waals surface area contributed by atoms with E-state index >= 15 is 0 Å². The van der Waals surface area contributed by atoms with Crippen molar-refractivity contribution in [3.63, 3.8) is 0 Å². The molecular weight excluding hydrogens is 326 g/mol. The second kappa shape index (κ2) is 8.60. The van der Waals surface area contributed by atoms with Crippen molar-refractivity contribution in [3.8, 4) is 0 Å². The summed E-state index contributed by atoms with van der Waals surface area (Å²) in [5.74, 6) is -0.0825. The molecule has 0 fully saturated rings. The molecule has 2 nitrogen and oxygen atoms in total. The monoisotopic (exact) mass is 345 g/mol. The van der Waals surface area contributed by atoms with Crippen molar-refractivity contribution < 1.29 is 4.79 Å². The maximum absolute atomic E-state index is 12.2. The molecule has 19 heavy (non-hydrogen) atoms. The van der Waals surface area contributed by atoms with Gasteiger partial charge < -0.3 is 5.32 Å². The largest absolute Gasteiger partial charge is 0.349 e. The van der Waals surface area contributed by atoms with Crippen LogP contribution in [0.3, 0.4) is 0 Å². The minimum absolute atomic E-state index is 0.0825. The van der Waals surface area contributed by atoms with E-state index in [4.69, 9.17) is 11.6 Å². The second-order valence-electron chi connectivity index (χ2n) is 4.73. The van der Waals surface area contributed by atoms with Crippen molar-refractivity contribution in [1.29, 1.82) is 0 Å². The molecule has 0 saturated heterocycles. The minimum Gasteiger partial charge on any atom is -0.349 e. The lowest BCUT2D eigenvalue weighted by atomic mass is 10.0. The second-order valence-corrected chi connectivity index (χ2v) is 6.05. The van der Waals surface area contributed by atoms with Gasteiger partial charge in [-0.25, -0.2) is 0 Å². The number of amides is 1. The summed E-state index contributed by atoms with van der Waals surface area (Å²) < 4.78 is 0.864. The van der Waals surface area contributed by atoms with Crippen molar-refractivity contribution in [2.45, 2.75) is 52.0 Å². The van der Waals surface area contributed by atoms with Gasteiger partial charge in [0.15, 0.2) is 0 Å². The van der Waals surface area contributed by atoms with Crippen molar-refractivity contribution >= 4 is 33.4 Å². The summed E-state index contributed by atoms with van der Waals surface area (Å²) in [5, 5.41) is 3.58. The number of benzene rings is 1. The van der Waals surface area contributed by atoms with Crippen LogP contribution in [0.25, 0.3) is 0 Å². The van der Waals surface area contributed by atoms with Crippen LogP contribution in [0.2, 0.25) is 5.02 Å². The van der Waals surface area contributed by atoms with Gasteiger partial charge >= 0.3 is 0 Å². The normalized spacial score (nSPS) is 12.2. The van der Waals surface area contributed by atoms with E-state index in [0.717, 1.165) is 36.6 Å². The van der Waals surface area contributed by atoms with Gasteiger partial charge in [0, 0.05) is 10.5 Å². The van der Waals surface area contributed by atoms with Crippen LogP contribution in [-0.4, -0.2) is 11.9 Å². The molecule has 1 N–H and O–H groups in total. The predicted molar refractivity (Wildman–Crippen MR) is 84.8 cm³/mol. The van der Waals surface area contributed by atoms with Gasteiger partial charge in [-0.2, -0.15) is 0 Å². The Hall–Kier alpha value is -0.540. The van der Waals surface area contributed by atoms with Gasteiger partial charge in [-0.1, -0.05) is 60.6 Å². The van der Waals surface area contributed by atoms with E-state index in [-0.39, 0.29) is 11.9 Å². The molecule has 1 amide bonds. The van der Waals surface area contributed by atoms with Crippen LogP contribution >= 0.6 is 27.5 Å². The Labute approximate surface area is 129 Å². The molecule has 1 rings (SSSR count). The molecule has 0 radical (unpaired) electrons. The van der Waals surface area contributed by atoms with Gasteiger partial charge in [-0.3, -0.25) is 4.79 Å². The number of nitrogens with one attached hydrogen (secondary N) is 1. The van der Waals surface area contributed by atoms with E-state index in [1.54, 1.807) is 12.1 Å². The SMILES string of the molecule is CCCCC(CCC)NC(=O)c1cc(Br)ccc1Cl. The lowest BCUT2D eigenvalue weighted by Gasteiger charge is -2.18. The minimum atomic E-state index is -0.0825. The molecule has 1 unspecified atom stereocenters. The third-order valence-electron chi connectivity index (χ3n) is 3.05. The lowest BCUT2D eigenvalue weighted by Crippen LogP contribution is -2.34. The number of rotatable bonds is 7. The van der Waals surface area contributed by atoms with Crippen LogP contribution in [0.1, 0.15) is 56.3 Å². The summed E-state index contributed by atoms with van der Waals surface area (Å²) >= 11 is 9.44. The van der Waals surface area contributed by atoms with Gasteiger partial charge in [0.2, 0.25) is 0 Å². The summed E-state index contributed by atoms with van der Waals surface area (Å²) in [7, 11) is 0.